The number of ether oxygens (including phenoxy) is 1. The second-order valence-electron chi connectivity index (χ2n) is 13.9. The topological polar surface area (TPSA) is 83.8 Å². The molecular formula is C31H48O5. The Balaban J connectivity index is 1.76. The van der Waals surface area contributed by atoms with Crippen molar-refractivity contribution in [2.75, 3.05) is 7.11 Å². The van der Waals surface area contributed by atoms with Crippen molar-refractivity contribution in [3.05, 3.63) is 23.3 Å². The van der Waals surface area contributed by atoms with Gasteiger partial charge in [-0.1, -0.05) is 57.9 Å². The van der Waals surface area contributed by atoms with Crippen LogP contribution in [-0.4, -0.2) is 41.3 Å². The molecule has 4 aliphatic carbocycles. The van der Waals surface area contributed by atoms with Crippen LogP contribution in [-0.2, 0) is 14.3 Å². The van der Waals surface area contributed by atoms with Crippen molar-refractivity contribution < 1.29 is 24.5 Å². The summed E-state index contributed by atoms with van der Waals surface area (Å²) in [6.07, 6.45) is 8.16. The van der Waals surface area contributed by atoms with Crippen LogP contribution in [0.15, 0.2) is 23.3 Å². The Bertz CT molecular complexity index is 973. The van der Waals surface area contributed by atoms with E-state index in [1.54, 1.807) is 0 Å². The maximum Gasteiger partial charge on any atom is 0.309 e. The van der Waals surface area contributed by atoms with E-state index >= 15 is 0 Å². The Kier molecular flexibility index (Phi) is 6.95. The highest BCUT2D eigenvalue weighted by atomic mass is 16.5. The number of carbonyl (C=O) groups is 2. The van der Waals surface area contributed by atoms with Gasteiger partial charge in [-0.05, 0) is 74.5 Å². The van der Waals surface area contributed by atoms with E-state index in [9.17, 15) is 19.8 Å². The molecule has 0 aliphatic heterocycles. The average Bonchev–Trinajstić information content (AvgIpc) is 2.99. The molecule has 0 heterocycles. The van der Waals surface area contributed by atoms with E-state index in [-0.39, 0.29) is 51.7 Å². The first-order valence-electron chi connectivity index (χ1n) is 14.0. The highest BCUT2D eigenvalue weighted by molar-refractivity contribution is 5.85. The molecule has 0 aromatic carbocycles. The third-order valence-electron chi connectivity index (χ3n) is 11.5. The number of methoxy groups -OCH3 is 1. The van der Waals surface area contributed by atoms with Crippen LogP contribution in [0.3, 0.4) is 0 Å². The lowest BCUT2D eigenvalue weighted by Gasteiger charge is -2.63. The van der Waals surface area contributed by atoms with Crippen molar-refractivity contribution in [2.45, 2.75) is 106 Å². The molecule has 4 rings (SSSR count). The average molecular weight is 501 g/mol. The van der Waals surface area contributed by atoms with E-state index in [0.29, 0.717) is 19.3 Å². The minimum atomic E-state index is -0.690. The normalized spacial score (nSPS) is 44.0. The van der Waals surface area contributed by atoms with Crippen LogP contribution in [0, 0.1) is 45.3 Å². The molecule has 0 radical (unpaired) electrons. The van der Waals surface area contributed by atoms with Gasteiger partial charge < -0.3 is 14.9 Å². The number of fused-ring (bicyclic) bond motifs is 5. The molecule has 0 aromatic heterocycles. The van der Waals surface area contributed by atoms with Gasteiger partial charge in [0.2, 0.25) is 0 Å². The second-order valence-corrected chi connectivity index (χ2v) is 13.9. The largest absolute Gasteiger partial charge is 0.469 e. The summed E-state index contributed by atoms with van der Waals surface area (Å²) < 4.78 is 5.27. The summed E-state index contributed by atoms with van der Waals surface area (Å²) in [7, 11) is 1.45. The van der Waals surface area contributed by atoms with Gasteiger partial charge in [-0.15, -0.1) is 0 Å². The van der Waals surface area contributed by atoms with Crippen LogP contribution in [0.5, 0.6) is 0 Å². The molecule has 0 saturated heterocycles. The molecular weight excluding hydrogens is 452 g/mol. The van der Waals surface area contributed by atoms with Crippen molar-refractivity contribution in [3.63, 3.8) is 0 Å². The molecule has 36 heavy (non-hydrogen) atoms. The Morgan fingerprint density at radius 2 is 1.83 bits per heavy atom. The predicted octanol–water partition coefficient (Wildman–Crippen LogP) is 5.64. The molecule has 4 aliphatic rings. The van der Waals surface area contributed by atoms with Crippen molar-refractivity contribution >= 4 is 11.8 Å². The van der Waals surface area contributed by atoms with Crippen molar-refractivity contribution in [3.8, 4) is 0 Å². The summed E-state index contributed by atoms with van der Waals surface area (Å²) in [5, 5.41) is 23.1. The van der Waals surface area contributed by atoms with E-state index in [1.165, 1.54) is 18.3 Å². The van der Waals surface area contributed by atoms with Crippen LogP contribution < -0.4 is 0 Å². The number of ketones is 1. The maximum atomic E-state index is 13.1. The summed E-state index contributed by atoms with van der Waals surface area (Å²) in [6.45, 7) is 15.0. The number of hydrogen-bond acceptors (Lipinski definition) is 5. The standard InChI is InChI=1S/C31H48O5/c1-18(2)10-9-11-19(27(35)36-8)25-23(33)17-31(7)21-16-22(32)26-28(3,4)24(34)13-14-29(26,5)20(21)12-15-30(25,31)6/h10,16,19-20,22-23,25-26,32-33H,9,11-15,17H2,1-8H3. The number of aliphatic hydroxyl groups is 2. The van der Waals surface area contributed by atoms with E-state index in [2.05, 4.69) is 46.8 Å². The molecule has 2 N–H and O–H groups in total. The fraction of sp³-hybridized carbons (Fsp3) is 0.806. The zero-order chi connectivity index (χ0) is 26.8. The van der Waals surface area contributed by atoms with E-state index in [0.717, 1.165) is 25.7 Å². The number of hydrogen-bond donors (Lipinski definition) is 2. The van der Waals surface area contributed by atoms with Gasteiger partial charge in [-0.3, -0.25) is 9.59 Å². The molecule has 202 valence electrons. The van der Waals surface area contributed by atoms with Crippen LogP contribution in [0.1, 0.15) is 93.4 Å². The zero-order valence-corrected chi connectivity index (χ0v) is 23.7. The minimum Gasteiger partial charge on any atom is -0.469 e. The lowest BCUT2D eigenvalue weighted by Crippen LogP contribution is -2.61. The van der Waals surface area contributed by atoms with E-state index in [4.69, 9.17) is 4.74 Å². The van der Waals surface area contributed by atoms with Gasteiger partial charge in [0.1, 0.15) is 5.78 Å². The zero-order valence-electron chi connectivity index (χ0n) is 23.7. The Hall–Kier alpha value is -1.46. The SMILES string of the molecule is COC(=O)C(CCC=C(C)C)C1C(O)CC2(C)C3=CC(O)C4C(C)(C)C(=O)CCC4(C)C3CCC12C. The Labute approximate surface area is 217 Å². The molecule has 3 saturated carbocycles. The number of carbonyl (C=O) groups excluding carboxylic acids is 2. The third-order valence-corrected chi connectivity index (χ3v) is 11.5. The predicted molar refractivity (Wildman–Crippen MR) is 141 cm³/mol. The van der Waals surface area contributed by atoms with Gasteiger partial charge in [0, 0.05) is 23.7 Å². The minimum absolute atomic E-state index is 0.109. The molecule has 0 amide bonds. The number of esters is 1. The maximum absolute atomic E-state index is 13.1. The molecule has 0 spiro atoms. The summed E-state index contributed by atoms with van der Waals surface area (Å²) >= 11 is 0. The van der Waals surface area contributed by atoms with Crippen molar-refractivity contribution in [1.29, 1.82) is 0 Å². The molecule has 5 heteroatoms. The van der Waals surface area contributed by atoms with Gasteiger partial charge in [0.15, 0.2) is 0 Å². The van der Waals surface area contributed by atoms with Crippen molar-refractivity contribution in [2.24, 2.45) is 45.3 Å². The van der Waals surface area contributed by atoms with Gasteiger partial charge in [-0.2, -0.15) is 0 Å². The third kappa shape index (κ3) is 3.78. The Morgan fingerprint density at radius 1 is 1.17 bits per heavy atom. The fourth-order valence-electron chi connectivity index (χ4n) is 9.64. The van der Waals surface area contributed by atoms with Gasteiger partial charge >= 0.3 is 5.97 Å². The summed E-state index contributed by atoms with van der Waals surface area (Å²) in [4.78, 5) is 26.0. The summed E-state index contributed by atoms with van der Waals surface area (Å²) in [5.41, 5.74) is 1.13. The molecule has 9 unspecified atom stereocenters. The quantitative estimate of drug-likeness (QED) is 0.377. The van der Waals surface area contributed by atoms with Gasteiger partial charge in [0.25, 0.3) is 0 Å². The van der Waals surface area contributed by atoms with Gasteiger partial charge in [-0.25, -0.2) is 0 Å². The number of rotatable bonds is 5. The first-order valence-corrected chi connectivity index (χ1v) is 14.0. The number of aliphatic hydroxyl groups excluding tert-OH is 2. The fourth-order valence-corrected chi connectivity index (χ4v) is 9.64. The number of allylic oxidation sites excluding steroid dienone is 3. The summed E-state index contributed by atoms with van der Waals surface area (Å²) in [5.74, 6) is -0.388. The lowest BCUT2D eigenvalue weighted by molar-refractivity contribution is -0.159. The monoisotopic (exact) mass is 500 g/mol. The van der Waals surface area contributed by atoms with Crippen LogP contribution in [0.25, 0.3) is 0 Å². The molecule has 0 bridgehead atoms. The van der Waals surface area contributed by atoms with Crippen molar-refractivity contribution in [1.82, 2.24) is 0 Å². The highest BCUT2D eigenvalue weighted by Gasteiger charge is 2.69. The molecule has 9 atom stereocenters. The van der Waals surface area contributed by atoms with Crippen LogP contribution in [0.4, 0.5) is 0 Å². The van der Waals surface area contributed by atoms with Crippen LogP contribution in [0.2, 0.25) is 0 Å². The summed E-state index contributed by atoms with van der Waals surface area (Å²) in [6, 6.07) is 0. The van der Waals surface area contributed by atoms with E-state index < -0.39 is 17.6 Å². The lowest BCUT2D eigenvalue weighted by atomic mass is 9.40. The first-order chi connectivity index (χ1) is 16.6. The van der Waals surface area contributed by atoms with Crippen LogP contribution >= 0.6 is 0 Å². The Morgan fingerprint density at radius 3 is 2.44 bits per heavy atom. The second kappa shape index (κ2) is 9.08. The molecule has 3 fully saturated rings. The smallest absolute Gasteiger partial charge is 0.309 e. The van der Waals surface area contributed by atoms with E-state index in [1.807, 2.05) is 13.8 Å². The molecule has 0 aromatic rings. The number of Topliss-reactive ketones (excluding diaryl/α,β-unsaturated/α-hetero) is 1. The van der Waals surface area contributed by atoms with Gasteiger partial charge in [0.05, 0.1) is 25.2 Å². The highest BCUT2D eigenvalue weighted by Crippen LogP contribution is 2.73. The molecule has 5 nitrogen and oxygen atoms in total. The first kappa shape index (κ1) is 27.6.